The molecule has 4 nitrogen and oxygen atoms in total. The van der Waals surface area contributed by atoms with Crippen LogP contribution in [0.25, 0.3) is 0 Å². The molecule has 2 saturated heterocycles. The predicted octanol–water partition coefficient (Wildman–Crippen LogP) is -0.355. The number of rotatable bonds is 2. The van der Waals surface area contributed by atoms with Gasteiger partial charge in [-0.05, 0) is 32.4 Å². The predicted molar refractivity (Wildman–Crippen MR) is 62.6 cm³/mol. The smallest absolute Gasteiger partial charge is 0.240 e. The first-order valence-corrected chi connectivity index (χ1v) is 6.00. The monoisotopic (exact) mass is 221 g/mol. The second kappa shape index (κ2) is 5.33. The summed E-state index contributed by atoms with van der Waals surface area (Å²) in [6.07, 6.45) is 3.36. The van der Waals surface area contributed by atoms with E-state index in [-0.39, 0.29) is 11.9 Å². The van der Waals surface area contributed by atoms with Crippen molar-refractivity contribution in [3.8, 4) is 11.8 Å². The van der Waals surface area contributed by atoms with Crippen molar-refractivity contribution in [1.82, 2.24) is 9.80 Å². The minimum Gasteiger partial charge on any atom is -0.330 e. The van der Waals surface area contributed by atoms with Gasteiger partial charge < -0.3 is 10.6 Å². The molecule has 2 aliphatic rings. The van der Waals surface area contributed by atoms with Crippen molar-refractivity contribution in [1.29, 1.82) is 0 Å². The number of carbonyl (C=O) groups excluding carboxylic acids is 1. The quantitative estimate of drug-likeness (QED) is 0.648. The van der Waals surface area contributed by atoms with Crippen LogP contribution >= 0.6 is 0 Å². The number of carbonyl (C=O) groups is 1. The van der Waals surface area contributed by atoms with Crippen molar-refractivity contribution in [2.75, 3.05) is 32.7 Å². The SMILES string of the molecule is N[C@H]1CCN(CC#CCN2CCCC2)C1=O. The Labute approximate surface area is 96.8 Å². The van der Waals surface area contributed by atoms with E-state index in [0.717, 1.165) is 19.5 Å². The third-order valence-electron chi connectivity index (χ3n) is 3.24. The van der Waals surface area contributed by atoms with Crippen molar-refractivity contribution >= 4 is 5.91 Å². The molecule has 2 heterocycles. The third kappa shape index (κ3) is 2.75. The van der Waals surface area contributed by atoms with Crippen LogP contribution < -0.4 is 5.73 Å². The molecule has 4 heteroatoms. The molecule has 0 aromatic rings. The van der Waals surface area contributed by atoms with E-state index in [4.69, 9.17) is 5.73 Å². The second-order valence-corrected chi connectivity index (χ2v) is 4.49. The van der Waals surface area contributed by atoms with E-state index in [9.17, 15) is 4.79 Å². The van der Waals surface area contributed by atoms with Gasteiger partial charge in [-0.2, -0.15) is 0 Å². The largest absolute Gasteiger partial charge is 0.330 e. The van der Waals surface area contributed by atoms with Crippen LogP contribution in [-0.4, -0.2) is 54.5 Å². The highest BCUT2D eigenvalue weighted by Gasteiger charge is 2.27. The lowest BCUT2D eigenvalue weighted by Gasteiger charge is -2.12. The molecule has 16 heavy (non-hydrogen) atoms. The van der Waals surface area contributed by atoms with Crippen LogP contribution in [0, 0.1) is 11.8 Å². The van der Waals surface area contributed by atoms with E-state index in [2.05, 4.69) is 16.7 Å². The maximum atomic E-state index is 11.5. The molecule has 0 saturated carbocycles. The molecule has 2 N–H and O–H groups in total. The molecule has 2 aliphatic heterocycles. The molecule has 1 atom stereocenters. The number of hydrogen-bond acceptors (Lipinski definition) is 3. The summed E-state index contributed by atoms with van der Waals surface area (Å²) >= 11 is 0. The highest BCUT2D eigenvalue weighted by Crippen LogP contribution is 2.08. The van der Waals surface area contributed by atoms with Gasteiger partial charge in [0.1, 0.15) is 0 Å². The highest BCUT2D eigenvalue weighted by molar-refractivity contribution is 5.83. The van der Waals surface area contributed by atoms with Gasteiger partial charge in [-0.1, -0.05) is 11.8 Å². The van der Waals surface area contributed by atoms with E-state index in [1.54, 1.807) is 4.90 Å². The number of nitrogens with two attached hydrogens (primary N) is 1. The minimum absolute atomic E-state index is 0.0514. The first-order valence-electron chi connectivity index (χ1n) is 6.00. The summed E-state index contributed by atoms with van der Waals surface area (Å²) in [6, 6.07) is -0.291. The van der Waals surface area contributed by atoms with Crippen LogP contribution in [0.15, 0.2) is 0 Å². The van der Waals surface area contributed by atoms with Crippen LogP contribution in [0.2, 0.25) is 0 Å². The third-order valence-corrected chi connectivity index (χ3v) is 3.24. The Balaban J connectivity index is 1.70. The van der Waals surface area contributed by atoms with Crippen LogP contribution in [0.3, 0.4) is 0 Å². The van der Waals surface area contributed by atoms with Gasteiger partial charge in [0.2, 0.25) is 5.91 Å². The van der Waals surface area contributed by atoms with Gasteiger partial charge in [0.05, 0.1) is 19.1 Å². The lowest BCUT2D eigenvalue weighted by atomic mass is 10.3. The van der Waals surface area contributed by atoms with Crippen molar-refractivity contribution in [3.05, 3.63) is 0 Å². The number of likely N-dealkylation sites (tertiary alicyclic amines) is 2. The van der Waals surface area contributed by atoms with Crippen molar-refractivity contribution < 1.29 is 4.79 Å². The van der Waals surface area contributed by atoms with E-state index < -0.39 is 0 Å². The van der Waals surface area contributed by atoms with Crippen LogP contribution in [0.5, 0.6) is 0 Å². The van der Waals surface area contributed by atoms with Crippen molar-refractivity contribution in [2.24, 2.45) is 5.73 Å². The normalized spacial score (nSPS) is 25.9. The molecule has 0 aromatic heterocycles. The zero-order chi connectivity index (χ0) is 11.4. The Morgan fingerprint density at radius 2 is 1.88 bits per heavy atom. The maximum Gasteiger partial charge on any atom is 0.240 e. The molecule has 2 fully saturated rings. The number of amides is 1. The molecular weight excluding hydrogens is 202 g/mol. The van der Waals surface area contributed by atoms with Gasteiger partial charge in [0.15, 0.2) is 0 Å². The van der Waals surface area contributed by atoms with Crippen LogP contribution in [-0.2, 0) is 4.79 Å². The van der Waals surface area contributed by atoms with Gasteiger partial charge in [-0.25, -0.2) is 0 Å². The molecule has 1 amide bonds. The van der Waals surface area contributed by atoms with Crippen LogP contribution in [0.4, 0.5) is 0 Å². The Morgan fingerprint density at radius 1 is 1.19 bits per heavy atom. The van der Waals surface area contributed by atoms with E-state index in [0.29, 0.717) is 6.54 Å². The van der Waals surface area contributed by atoms with Crippen LogP contribution in [0.1, 0.15) is 19.3 Å². The molecule has 2 rings (SSSR count). The fourth-order valence-electron chi connectivity index (χ4n) is 2.18. The summed E-state index contributed by atoms with van der Waals surface area (Å²) in [5, 5.41) is 0. The van der Waals surface area contributed by atoms with E-state index in [1.807, 2.05) is 0 Å². The van der Waals surface area contributed by atoms with Gasteiger partial charge in [-0.3, -0.25) is 9.69 Å². The number of nitrogens with zero attached hydrogens (tertiary/aromatic N) is 2. The van der Waals surface area contributed by atoms with E-state index in [1.165, 1.54) is 25.9 Å². The minimum atomic E-state index is -0.291. The topological polar surface area (TPSA) is 49.6 Å². The summed E-state index contributed by atoms with van der Waals surface area (Å²) in [7, 11) is 0. The molecule has 0 radical (unpaired) electrons. The Hall–Kier alpha value is -1.05. The molecule has 0 aliphatic carbocycles. The molecule has 0 bridgehead atoms. The van der Waals surface area contributed by atoms with Gasteiger partial charge >= 0.3 is 0 Å². The first-order chi connectivity index (χ1) is 7.77. The zero-order valence-electron chi connectivity index (χ0n) is 9.61. The molecule has 0 aromatic carbocycles. The molecule has 88 valence electrons. The standard InChI is InChI=1S/C12H19N3O/c13-11-5-10-15(12(11)16)9-4-3-8-14-6-1-2-7-14/h11H,1-2,5-10,13H2/t11-/m0/s1. The lowest BCUT2D eigenvalue weighted by molar-refractivity contribution is -0.128. The Bertz CT molecular complexity index is 312. The first kappa shape index (κ1) is 11.4. The maximum absolute atomic E-state index is 11.5. The van der Waals surface area contributed by atoms with Crippen molar-refractivity contribution in [2.45, 2.75) is 25.3 Å². The number of hydrogen-bond donors (Lipinski definition) is 1. The zero-order valence-corrected chi connectivity index (χ0v) is 9.61. The van der Waals surface area contributed by atoms with Gasteiger partial charge in [0, 0.05) is 6.54 Å². The Kier molecular flexibility index (Phi) is 3.81. The molecule has 0 spiro atoms. The van der Waals surface area contributed by atoms with Gasteiger partial charge in [0.25, 0.3) is 0 Å². The van der Waals surface area contributed by atoms with Gasteiger partial charge in [-0.15, -0.1) is 0 Å². The Morgan fingerprint density at radius 3 is 2.50 bits per heavy atom. The summed E-state index contributed by atoms with van der Waals surface area (Å²) < 4.78 is 0. The summed E-state index contributed by atoms with van der Waals surface area (Å²) in [5.74, 6) is 6.25. The summed E-state index contributed by atoms with van der Waals surface area (Å²) in [5.41, 5.74) is 5.62. The summed E-state index contributed by atoms with van der Waals surface area (Å²) in [6.45, 7) is 4.48. The molecule has 0 unspecified atom stereocenters. The second-order valence-electron chi connectivity index (χ2n) is 4.49. The van der Waals surface area contributed by atoms with E-state index >= 15 is 0 Å². The average Bonchev–Trinajstić information content (AvgIpc) is 2.88. The average molecular weight is 221 g/mol. The molecular formula is C12H19N3O. The highest BCUT2D eigenvalue weighted by atomic mass is 16.2. The lowest BCUT2D eigenvalue weighted by Crippen LogP contribution is -2.34. The summed E-state index contributed by atoms with van der Waals surface area (Å²) in [4.78, 5) is 15.6. The fourth-order valence-corrected chi connectivity index (χ4v) is 2.18. The fraction of sp³-hybridized carbons (Fsp3) is 0.750. The van der Waals surface area contributed by atoms with Crippen molar-refractivity contribution in [3.63, 3.8) is 0 Å².